The van der Waals surface area contributed by atoms with Gasteiger partial charge in [-0.15, -0.1) is 0 Å². The number of rotatable bonds is 3. The zero-order chi connectivity index (χ0) is 19.8. The normalized spacial score (nSPS) is 18.1. The van der Waals surface area contributed by atoms with Crippen LogP contribution in [-0.2, 0) is 0 Å². The largest absolute Gasteiger partial charge is 0.492 e. The van der Waals surface area contributed by atoms with E-state index in [2.05, 4.69) is 5.32 Å². The van der Waals surface area contributed by atoms with Gasteiger partial charge >= 0.3 is 18.1 Å². The lowest BCUT2D eigenvalue weighted by Crippen LogP contribution is -2.65. The molecule has 0 radical (unpaired) electrons. The van der Waals surface area contributed by atoms with Gasteiger partial charge in [-0.25, -0.2) is 4.79 Å². The Balaban J connectivity index is 1.81. The summed E-state index contributed by atoms with van der Waals surface area (Å²) in [5.41, 5.74) is -0.452. The third kappa shape index (κ3) is 3.67. The van der Waals surface area contributed by atoms with Crippen molar-refractivity contribution < 1.29 is 32.4 Å². The van der Waals surface area contributed by atoms with E-state index in [0.29, 0.717) is 0 Å². The molecule has 1 aliphatic heterocycles. The van der Waals surface area contributed by atoms with Crippen LogP contribution in [0.3, 0.4) is 0 Å². The molecule has 2 aromatic rings. The van der Waals surface area contributed by atoms with Crippen LogP contribution in [-0.4, -0.2) is 23.0 Å². The van der Waals surface area contributed by atoms with Crippen molar-refractivity contribution in [3.05, 3.63) is 57.6 Å². The molecule has 2 amide bonds. The number of halogens is 4. The first kappa shape index (κ1) is 18.6. The first-order valence-corrected chi connectivity index (χ1v) is 7.55. The second-order valence-corrected chi connectivity index (χ2v) is 5.73. The number of nitrogens with zero attached hydrogens (tertiary/aromatic N) is 1. The Labute approximate surface area is 154 Å². The molecule has 1 aliphatic rings. The summed E-state index contributed by atoms with van der Waals surface area (Å²) in [4.78, 5) is 22.1. The SMILES string of the molecule is O=C(Nc1cccc([N+](=O)[O-])c1)N[C@]1(C(F)(F)F)Oc2ccc(Cl)cc2O1. The standard InChI is InChI=1S/C15H9ClF3N3O5/c16-8-4-5-11-12(6-8)27-15(26-11,14(17,18)19)21-13(23)20-9-2-1-3-10(7-9)22(24)25/h1-7H,(H2,20,21,23)/t15-/m1/s1. The number of fused-ring (bicyclic) bond motifs is 1. The molecule has 0 unspecified atom stereocenters. The van der Waals surface area contributed by atoms with Crippen LogP contribution in [0.4, 0.5) is 29.3 Å². The fraction of sp³-hybridized carbons (Fsp3) is 0.133. The molecular weight excluding hydrogens is 395 g/mol. The number of alkyl halides is 3. The van der Waals surface area contributed by atoms with E-state index in [4.69, 9.17) is 21.1 Å². The van der Waals surface area contributed by atoms with E-state index in [1.807, 2.05) is 0 Å². The Hall–Kier alpha value is -3.21. The number of carbonyl (C=O) groups is 1. The first-order valence-electron chi connectivity index (χ1n) is 7.17. The molecule has 0 spiro atoms. The predicted octanol–water partition coefficient (Wildman–Crippen LogP) is 4.06. The Morgan fingerprint density at radius 3 is 2.52 bits per heavy atom. The van der Waals surface area contributed by atoms with Gasteiger partial charge in [0, 0.05) is 28.9 Å². The van der Waals surface area contributed by atoms with Crippen LogP contribution in [0.25, 0.3) is 0 Å². The number of nitro benzene ring substituents is 1. The smallest absolute Gasteiger partial charge is 0.424 e. The highest BCUT2D eigenvalue weighted by molar-refractivity contribution is 6.30. The highest BCUT2D eigenvalue weighted by Crippen LogP contribution is 2.46. The molecule has 3 rings (SSSR count). The molecule has 8 nitrogen and oxygen atoms in total. The lowest BCUT2D eigenvalue weighted by atomic mass is 10.3. The summed E-state index contributed by atoms with van der Waals surface area (Å²) in [7, 11) is 0. The zero-order valence-corrected chi connectivity index (χ0v) is 13.8. The number of benzene rings is 2. The van der Waals surface area contributed by atoms with E-state index in [0.717, 1.165) is 24.3 Å². The monoisotopic (exact) mass is 403 g/mol. The van der Waals surface area contributed by atoms with Crippen LogP contribution >= 0.6 is 11.6 Å². The van der Waals surface area contributed by atoms with Gasteiger partial charge in [0.15, 0.2) is 11.5 Å². The first-order chi connectivity index (χ1) is 12.6. The van der Waals surface area contributed by atoms with Crippen LogP contribution in [0.1, 0.15) is 0 Å². The highest BCUT2D eigenvalue weighted by atomic mass is 35.5. The number of anilines is 1. The molecular formula is C15H9ClF3N3O5. The van der Waals surface area contributed by atoms with Crippen molar-refractivity contribution in [3.63, 3.8) is 0 Å². The van der Waals surface area contributed by atoms with Gasteiger partial charge in [0.1, 0.15) is 0 Å². The van der Waals surface area contributed by atoms with Gasteiger partial charge in [-0.1, -0.05) is 17.7 Å². The Morgan fingerprint density at radius 2 is 1.85 bits per heavy atom. The second-order valence-electron chi connectivity index (χ2n) is 5.30. The number of nitro groups is 1. The second kappa shape index (κ2) is 6.50. The number of carbonyl (C=O) groups excluding carboxylic acids is 1. The van der Waals surface area contributed by atoms with Crippen LogP contribution in [0.15, 0.2) is 42.5 Å². The summed E-state index contributed by atoms with van der Waals surface area (Å²) in [6, 6.07) is 6.85. The lowest BCUT2D eigenvalue weighted by Gasteiger charge is -2.29. The molecule has 0 saturated carbocycles. The van der Waals surface area contributed by atoms with Gasteiger partial charge < -0.3 is 14.8 Å². The van der Waals surface area contributed by atoms with Crippen LogP contribution in [0, 0.1) is 10.1 Å². The van der Waals surface area contributed by atoms with Gasteiger partial charge in [-0.3, -0.25) is 15.4 Å². The molecule has 12 heteroatoms. The van der Waals surface area contributed by atoms with Crippen molar-refractivity contribution in [2.75, 3.05) is 5.32 Å². The third-order valence-corrected chi connectivity index (χ3v) is 3.61. The fourth-order valence-electron chi connectivity index (χ4n) is 2.22. The quantitative estimate of drug-likeness (QED) is 0.594. The lowest BCUT2D eigenvalue weighted by molar-refractivity contribution is -0.384. The molecule has 2 aromatic carbocycles. The highest BCUT2D eigenvalue weighted by Gasteiger charge is 2.65. The molecule has 0 saturated heterocycles. The number of non-ortho nitro benzene ring substituents is 1. The minimum Gasteiger partial charge on any atom is -0.424 e. The fourth-order valence-corrected chi connectivity index (χ4v) is 2.39. The van der Waals surface area contributed by atoms with E-state index in [1.54, 1.807) is 5.32 Å². The summed E-state index contributed by atoms with van der Waals surface area (Å²) >= 11 is 5.71. The predicted molar refractivity (Wildman–Crippen MR) is 86.7 cm³/mol. The van der Waals surface area contributed by atoms with Gasteiger partial charge in [0.05, 0.1) is 4.92 Å². The maximum absolute atomic E-state index is 13.5. The zero-order valence-electron chi connectivity index (χ0n) is 13.0. The molecule has 1 atom stereocenters. The van der Waals surface area contributed by atoms with Gasteiger partial charge in [0.25, 0.3) is 5.69 Å². The number of ether oxygens (including phenoxy) is 2. The molecule has 0 aromatic heterocycles. The average Bonchev–Trinajstić information content (AvgIpc) is 2.93. The minimum absolute atomic E-state index is 0.0995. The molecule has 2 N–H and O–H groups in total. The Kier molecular flexibility index (Phi) is 4.47. The van der Waals surface area contributed by atoms with Gasteiger partial charge in [0.2, 0.25) is 0 Å². The number of hydrogen-bond acceptors (Lipinski definition) is 5. The summed E-state index contributed by atoms with van der Waals surface area (Å²) < 4.78 is 50.2. The number of urea groups is 1. The van der Waals surface area contributed by atoms with Crippen molar-refractivity contribution in [3.8, 4) is 11.5 Å². The van der Waals surface area contributed by atoms with Crippen molar-refractivity contribution in [1.82, 2.24) is 5.32 Å². The van der Waals surface area contributed by atoms with E-state index in [9.17, 15) is 28.1 Å². The molecule has 0 fully saturated rings. The van der Waals surface area contributed by atoms with Crippen molar-refractivity contribution in [2.45, 2.75) is 12.1 Å². The molecule has 27 heavy (non-hydrogen) atoms. The van der Waals surface area contributed by atoms with Gasteiger partial charge in [-0.05, 0) is 18.2 Å². The maximum atomic E-state index is 13.5. The van der Waals surface area contributed by atoms with Crippen molar-refractivity contribution in [1.29, 1.82) is 0 Å². The molecule has 142 valence electrons. The minimum atomic E-state index is -5.15. The summed E-state index contributed by atoms with van der Waals surface area (Å²) in [6.45, 7) is 0. The molecule has 1 heterocycles. The van der Waals surface area contributed by atoms with E-state index in [-0.39, 0.29) is 27.9 Å². The summed E-state index contributed by atoms with van der Waals surface area (Å²) in [5, 5.41) is 14.5. The maximum Gasteiger partial charge on any atom is 0.492 e. The van der Waals surface area contributed by atoms with E-state index < -0.39 is 23.0 Å². The third-order valence-electron chi connectivity index (χ3n) is 3.38. The molecule has 0 bridgehead atoms. The Bertz CT molecular complexity index is 924. The number of hydrogen-bond donors (Lipinski definition) is 2. The van der Waals surface area contributed by atoms with Crippen molar-refractivity contribution >= 4 is 29.0 Å². The van der Waals surface area contributed by atoms with Crippen LogP contribution < -0.4 is 20.1 Å². The average molecular weight is 404 g/mol. The number of amides is 2. The van der Waals surface area contributed by atoms with Crippen LogP contribution in [0.5, 0.6) is 11.5 Å². The number of nitrogens with one attached hydrogen (secondary N) is 2. The molecule has 0 aliphatic carbocycles. The summed E-state index contributed by atoms with van der Waals surface area (Å²) in [5.74, 6) is -4.06. The van der Waals surface area contributed by atoms with Crippen LogP contribution in [0.2, 0.25) is 5.02 Å². The Morgan fingerprint density at radius 1 is 1.15 bits per heavy atom. The van der Waals surface area contributed by atoms with E-state index in [1.165, 1.54) is 18.2 Å². The van der Waals surface area contributed by atoms with Crippen molar-refractivity contribution in [2.24, 2.45) is 0 Å². The summed E-state index contributed by atoms with van der Waals surface area (Å²) in [6.07, 6.45) is -5.15. The van der Waals surface area contributed by atoms with Gasteiger partial charge in [-0.2, -0.15) is 13.2 Å². The topological polar surface area (TPSA) is 103 Å². The van der Waals surface area contributed by atoms with E-state index >= 15 is 0 Å².